The van der Waals surface area contributed by atoms with E-state index in [1.807, 2.05) is 60.7 Å². The van der Waals surface area contributed by atoms with E-state index in [0.29, 0.717) is 17.9 Å². The summed E-state index contributed by atoms with van der Waals surface area (Å²) in [5, 5.41) is 14.9. The average molecular weight is 505 g/mol. The predicted molar refractivity (Wildman–Crippen MR) is 139 cm³/mol. The van der Waals surface area contributed by atoms with Crippen LogP contribution in [0.2, 0.25) is 0 Å². The van der Waals surface area contributed by atoms with Crippen molar-refractivity contribution in [1.82, 2.24) is 10.6 Å². The molecule has 0 heterocycles. The Balaban J connectivity index is 1.58. The third kappa shape index (κ3) is 9.00. The Morgan fingerprint density at radius 1 is 0.784 bits per heavy atom. The van der Waals surface area contributed by atoms with E-state index in [1.165, 1.54) is 0 Å². The fraction of sp³-hybridized carbons (Fsp3) is 0.276. The van der Waals surface area contributed by atoms with Gasteiger partial charge < -0.3 is 25.2 Å². The number of amides is 2. The van der Waals surface area contributed by atoms with Crippen molar-refractivity contribution in [3.63, 3.8) is 0 Å². The SMILES string of the molecule is CC(C)[C@@H](NC(=O)OCc1ccccc1)C(=O)N[C@@H](Cc1cccc(OCc2ccccc2)c1)C(=O)O. The number of nitrogens with one attached hydrogen (secondary N) is 2. The molecule has 0 saturated heterocycles. The Hall–Kier alpha value is -4.33. The molecule has 3 aromatic rings. The Kier molecular flexibility index (Phi) is 10.1. The van der Waals surface area contributed by atoms with Crippen LogP contribution >= 0.6 is 0 Å². The summed E-state index contributed by atoms with van der Waals surface area (Å²) in [5.41, 5.74) is 2.51. The highest BCUT2D eigenvalue weighted by Crippen LogP contribution is 2.17. The van der Waals surface area contributed by atoms with Crippen molar-refractivity contribution in [2.45, 2.75) is 45.6 Å². The highest BCUT2D eigenvalue weighted by Gasteiger charge is 2.29. The van der Waals surface area contributed by atoms with Crippen molar-refractivity contribution in [2.75, 3.05) is 0 Å². The molecule has 8 nitrogen and oxygen atoms in total. The molecule has 194 valence electrons. The maximum atomic E-state index is 13.0. The van der Waals surface area contributed by atoms with Crippen molar-refractivity contribution in [2.24, 2.45) is 5.92 Å². The molecule has 2 atom stereocenters. The van der Waals surface area contributed by atoms with Crippen molar-refractivity contribution in [1.29, 1.82) is 0 Å². The fourth-order valence-electron chi connectivity index (χ4n) is 3.63. The van der Waals surface area contributed by atoms with Crippen LogP contribution in [-0.2, 0) is 34.0 Å². The number of ether oxygens (including phenoxy) is 2. The summed E-state index contributed by atoms with van der Waals surface area (Å²) in [6.45, 7) is 3.95. The summed E-state index contributed by atoms with van der Waals surface area (Å²) in [6, 6.07) is 23.8. The maximum absolute atomic E-state index is 13.0. The Bertz CT molecular complexity index is 1170. The van der Waals surface area contributed by atoms with E-state index in [4.69, 9.17) is 9.47 Å². The van der Waals surface area contributed by atoms with Crippen LogP contribution in [-0.4, -0.2) is 35.2 Å². The number of hydrogen-bond acceptors (Lipinski definition) is 5. The van der Waals surface area contributed by atoms with E-state index >= 15 is 0 Å². The first-order valence-corrected chi connectivity index (χ1v) is 12.1. The quantitative estimate of drug-likeness (QED) is 0.338. The lowest BCUT2D eigenvalue weighted by Crippen LogP contribution is -2.54. The first-order valence-electron chi connectivity index (χ1n) is 12.1. The first-order chi connectivity index (χ1) is 17.8. The first kappa shape index (κ1) is 27.3. The van der Waals surface area contributed by atoms with Crippen molar-refractivity contribution < 1.29 is 29.0 Å². The van der Waals surface area contributed by atoms with Crippen LogP contribution in [0.5, 0.6) is 5.75 Å². The van der Waals surface area contributed by atoms with Gasteiger partial charge in [-0.05, 0) is 34.7 Å². The van der Waals surface area contributed by atoms with Crippen LogP contribution in [0, 0.1) is 5.92 Å². The lowest BCUT2D eigenvalue weighted by Gasteiger charge is -2.24. The van der Waals surface area contributed by atoms with E-state index in [1.54, 1.807) is 38.1 Å². The monoisotopic (exact) mass is 504 g/mol. The van der Waals surface area contributed by atoms with Gasteiger partial charge in [0.15, 0.2) is 0 Å². The highest BCUT2D eigenvalue weighted by molar-refractivity contribution is 5.89. The second-order valence-corrected chi connectivity index (χ2v) is 8.95. The predicted octanol–water partition coefficient (Wildman–Crippen LogP) is 4.33. The van der Waals surface area contributed by atoms with Gasteiger partial charge in [-0.25, -0.2) is 9.59 Å². The Morgan fingerprint density at radius 3 is 1.97 bits per heavy atom. The molecule has 0 fully saturated rings. The van der Waals surface area contributed by atoms with E-state index in [-0.39, 0.29) is 18.9 Å². The molecule has 0 spiro atoms. The molecule has 0 bridgehead atoms. The van der Waals surface area contributed by atoms with E-state index < -0.39 is 30.1 Å². The number of aliphatic carboxylic acids is 1. The van der Waals surface area contributed by atoms with Gasteiger partial charge in [-0.2, -0.15) is 0 Å². The van der Waals surface area contributed by atoms with Gasteiger partial charge in [-0.1, -0.05) is 86.6 Å². The third-order valence-electron chi connectivity index (χ3n) is 5.64. The van der Waals surface area contributed by atoms with Crippen LogP contribution in [0.15, 0.2) is 84.9 Å². The molecule has 0 unspecified atom stereocenters. The minimum atomic E-state index is -1.19. The van der Waals surface area contributed by atoms with Crippen LogP contribution in [0.1, 0.15) is 30.5 Å². The summed E-state index contributed by atoms with van der Waals surface area (Å²) >= 11 is 0. The van der Waals surface area contributed by atoms with Crippen LogP contribution in [0.4, 0.5) is 4.79 Å². The zero-order valence-corrected chi connectivity index (χ0v) is 20.9. The van der Waals surface area contributed by atoms with Crippen LogP contribution < -0.4 is 15.4 Å². The van der Waals surface area contributed by atoms with Crippen LogP contribution in [0.3, 0.4) is 0 Å². The zero-order chi connectivity index (χ0) is 26.6. The maximum Gasteiger partial charge on any atom is 0.408 e. The van der Waals surface area contributed by atoms with Gasteiger partial charge in [-0.15, -0.1) is 0 Å². The Labute approximate surface area is 216 Å². The summed E-state index contributed by atoms with van der Waals surface area (Å²) in [7, 11) is 0. The third-order valence-corrected chi connectivity index (χ3v) is 5.64. The van der Waals surface area contributed by atoms with Gasteiger partial charge in [-0.3, -0.25) is 4.79 Å². The molecule has 3 rings (SSSR count). The lowest BCUT2D eigenvalue weighted by molar-refractivity contribution is -0.142. The molecule has 0 aromatic heterocycles. The molecule has 8 heteroatoms. The standard InChI is InChI=1S/C29H32N2O6/c1-20(2)26(31-29(35)37-19-22-12-7-4-8-13-22)27(32)30-25(28(33)34)17-23-14-9-15-24(16-23)36-18-21-10-5-3-6-11-21/h3-16,20,25-26H,17-19H2,1-2H3,(H,30,32)(H,31,35)(H,33,34)/t25-,26+/m0/s1. The number of alkyl carbamates (subject to hydrolysis) is 1. The Morgan fingerprint density at radius 2 is 1.38 bits per heavy atom. The number of benzene rings is 3. The fourth-order valence-corrected chi connectivity index (χ4v) is 3.63. The summed E-state index contributed by atoms with van der Waals surface area (Å²) in [5.74, 6) is -1.48. The molecule has 2 amide bonds. The zero-order valence-electron chi connectivity index (χ0n) is 20.9. The van der Waals surface area contributed by atoms with Crippen molar-refractivity contribution >= 4 is 18.0 Å². The smallest absolute Gasteiger partial charge is 0.408 e. The average Bonchev–Trinajstić information content (AvgIpc) is 2.90. The summed E-state index contributed by atoms with van der Waals surface area (Å²) in [6.07, 6.45) is -0.708. The summed E-state index contributed by atoms with van der Waals surface area (Å²) in [4.78, 5) is 37.2. The molecule has 3 aromatic carbocycles. The highest BCUT2D eigenvalue weighted by atomic mass is 16.5. The van der Waals surface area contributed by atoms with Gasteiger partial charge >= 0.3 is 12.1 Å². The minimum Gasteiger partial charge on any atom is -0.489 e. The largest absolute Gasteiger partial charge is 0.489 e. The van der Waals surface area contributed by atoms with Crippen molar-refractivity contribution in [3.05, 3.63) is 102 Å². The number of hydrogen-bond donors (Lipinski definition) is 3. The van der Waals surface area contributed by atoms with Gasteiger partial charge in [0.05, 0.1) is 0 Å². The molecule has 0 saturated carbocycles. The van der Waals surface area contributed by atoms with Gasteiger partial charge in [0, 0.05) is 6.42 Å². The molecule has 3 N–H and O–H groups in total. The number of carboxylic acid groups (broad SMARTS) is 1. The van der Waals surface area contributed by atoms with Gasteiger partial charge in [0.2, 0.25) is 5.91 Å². The second-order valence-electron chi connectivity index (χ2n) is 8.95. The van der Waals surface area contributed by atoms with Crippen molar-refractivity contribution in [3.8, 4) is 5.75 Å². The van der Waals surface area contributed by atoms with E-state index in [2.05, 4.69) is 10.6 Å². The molecule has 0 aliphatic heterocycles. The molecule has 0 aliphatic carbocycles. The second kappa shape index (κ2) is 13.7. The number of carboxylic acids is 1. The normalized spacial score (nSPS) is 12.3. The van der Waals surface area contributed by atoms with Gasteiger partial charge in [0.25, 0.3) is 0 Å². The minimum absolute atomic E-state index is 0.0485. The molecule has 0 radical (unpaired) electrons. The van der Waals surface area contributed by atoms with Crippen LogP contribution in [0.25, 0.3) is 0 Å². The lowest BCUT2D eigenvalue weighted by atomic mass is 10.0. The number of carbonyl (C=O) groups excluding carboxylic acids is 2. The molecular formula is C29H32N2O6. The molecule has 0 aliphatic rings. The summed E-state index contributed by atoms with van der Waals surface area (Å²) < 4.78 is 11.0. The van der Waals surface area contributed by atoms with Gasteiger partial charge in [0.1, 0.15) is 31.0 Å². The van der Waals surface area contributed by atoms with E-state index in [0.717, 1.165) is 11.1 Å². The molecule has 37 heavy (non-hydrogen) atoms. The topological polar surface area (TPSA) is 114 Å². The number of rotatable bonds is 12. The molecular weight excluding hydrogens is 472 g/mol. The number of carbonyl (C=O) groups is 3. The van der Waals surface area contributed by atoms with E-state index in [9.17, 15) is 19.5 Å².